The molecule has 0 unspecified atom stereocenters. The molecule has 0 bridgehead atoms. The predicted octanol–water partition coefficient (Wildman–Crippen LogP) is 4.57. The molecule has 88 valence electrons. The first-order valence-electron chi connectivity index (χ1n) is 2.65. The van der Waals surface area contributed by atoms with Gasteiger partial charge in [0, 0.05) is 0 Å². The molecular formula is C3HF10P. The van der Waals surface area contributed by atoms with Crippen LogP contribution in [-0.2, 0) is 0 Å². The number of alkyl halides is 6. The normalized spacial score (nSPS) is 18.1. The van der Waals surface area contributed by atoms with Gasteiger partial charge in [0.1, 0.15) is 0 Å². The van der Waals surface area contributed by atoms with Crippen molar-refractivity contribution in [2.45, 2.75) is 18.0 Å². The van der Waals surface area contributed by atoms with Gasteiger partial charge in [-0.1, -0.05) is 0 Å². The predicted molar refractivity (Wildman–Crippen MR) is 27.3 cm³/mol. The van der Waals surface area contributed by atoms with Gasteiger partial charge in [-0.2, -0.15) is 0 Å². The van der Waals surface area contributed by atoms with Crippen molar-refractivity contribution in [3.05, 3.63) is 0 Å². The number of halogens is 10. The van der Waals surface area contributed by atoms with E-state index in [0.29, 0.717) is 0 Å². The molecule has 0 aliphatic rings. The molecule has 14 heavy (non-hydrogen) atoms. The van der Waals surface area contributed by atoms with Crippen molar-refractivity contribution in [2.24, 2.45) is 0 Å². The van der Waals surface area contributed by atoms with Crippen LogP contribution in [0.2, 0.25) is 0 Å². The van der Waals surface area contributed by atoms with Crippen LogP contribution < -0.4 is 0 Å². The van der Waals surface area contributed by atoms with Gasteiger partial charge >= 0.3 is 69.0 Å². The van der Waals surface area contributed by atoms with Crippen LogP contribution in [-0.4, -0.2) is 18.0 Å². The Kier molecular flexibility index (Phi) is 2.81. The van der Waals surface area contributed by atoms with Gasteiger partial charge in [-0.05, 0) is 0 Å². The van der Waals surface area contributed by atoms with Crippen molar-refractivity contribution in [1.82, 2.24) is 0 Å². The summed E-state index contributed by atoms with van der Waals surface area (Å²) in [4.78, 5) is 0. The molecule has 0 aromatic carbocycles. The Hall–Kier alpha value is -0.270. The zero-order valence-electron chi connectivity index (χ0n) is 5.80. The van der Waals surface area contributed by atoms with Crippen molar-refractivity contribution in [3.8, 4) is 0 Å². The van der Waals surface area contributed by atoms with E-state index in [1.807, 2.05) is 0 Å². The minimum atomic E-state index is -9.78. The van der Waals surface area contributed by atoms with Crippen LogP contribution in [0.1, 0.15) is 0 Å². The van der Waals surface area contributed by atoms with E-state index >= 15 is 0 Å². The minimum absolute atomic E-state index is 5.86. The van der Waals surface area contributed by atoms with E-state index in [1.165, 1.54) is 0 Å². The molecule has 0 aromatic heterocycles. The summed E-state index contributed by atoms with van der Waals surface area (Å²) in [5.74, 6) is 0. The summed E-state index contributed by atoms with van der Waals surface area (Å²) in [7, 11) is -9.78. The molecule has 0 heterocycles. The summed E-state index contributed by atoms with van der Waals surface area (Å²) in [6.45, 7) is 0. The van der Waals surface area contributed by atoms with Crippen molar-refractivity contribution in [2.75, 3.05) is 0 Å². The maximum absolute atomic E-state index is 11.4. The van der Waals surface area contributed by atoms with Crippen molar-refractivity contribution < 1.29 is 43.1 Å². The number of hydrogen-bond donors (Lipinski definition) is 0. The van der Waals surface area contributed by atoms with Gasteiger partial charge in [-0.25, -0.2) is 0 Å². The molecule has 0 aliphatic heterocycles. The first kappa shape index (κ1) is 13.7. The standard InChI is InChI=1S/C3HF10P/c4-2(5,6)1(3(7,8)9)14(10,11,12)13/h1H. The second kappa shape index (κ2) is 2.86. The average molecular weight is 258 g/mol. The third-order valence-electron chi connectivity index (χ3n) is 1.01. The van der Waals surface area contributed by atoms with E-state index in [0.717, 1.165) is 0 Å². The molecule has 0 nitrogen and oxygen atoms in total. The Balaban J connectivity index is 5.39. The molecule has 11 heteroatoms. The SMILES string of the molecule is FC(F)(F)C(C(F)(F)F)P(F)(F)(F)F. The molecule has 0 rings (SSSR count). The monoisotopic (exact) mass is 258 g/mol. The molecular weight excluding hydrogens is 257 g/mol. The first-order valence-corrected chi connectivity index (χ1v) is 4.51. The van der Waals surface area contributed by atoms with Gasteiger partial charge in [-0.3, -0.25) is 0 Å². The Bertz CT molecular complexity index is 191. The zero-order valence-corrected chi connectivity index (χ0v) is 6.70. The fourth-order valence-electron chi connectivity index (χ4n) is 0.628. The molecule has 0 N–H and O–H groups in total. The Morgan fingerprint density at radius 3 is 0.857 bits per heavy atom. The fraction of sp³-hybridized carbons (Fsp3) is 1.00. The second-order valence-electron chi connectivity index (χ2n) is 2.26. The molecule has 0 spiro atoms. The molecule has 0 amide bonds. The van der Waals surface area contributed by atoms with Gasteiger partial charge in [0.05, 0.1) is 0 Å². The molecule has 0 atom stereocenters. The van der Waals surface area contributed by atoms with Gasteiger partial charge in [0.25, 0.3) is 0 Å². The molecule has 0 saturated carbocycles. The Labute approximate surface area is 70.3 Å². The van der Waals surface area contributed by atoms with Crippen LogP contribution in [0.4, 0.5) is 43.1 Å². The molecule has 0 aliphatic carbocycles. The van der Waals surface area contributed by atoms with E-state index < -0.39 is 25.9 Å². The molecule has 0 radical (unpaired) electrons. The summed E-state index contributed by atoms with van der Waals surface area (Å²) < 4.78 is 114. The van der Waals surface area contributed by atoms with Crippen LogP contribution in [0.3, 0.4) is 0 Å². The van der Waals surface area contributed by atoms with Gasteiger partial charge < -0.3 is 0 Å². The first-order chi connectivity index (χ1) is 5.62. The summed E-state index contributed by atoms with van der Waals surface area (Å²) in [6.07, 6.45) is -13.4. The summed E-state index contributed by atoms with van der Waals surface area (Å²) in [6, 6.07) is 0. The third kappa shape index (κ3) is 3.47. The average Bonchev–Trinajstić information content (AvgIpc) is 1.40. The van der Waals surface area contributed by atoms with E-state index in [2.05, 4.69) is 0 Å². The van der Waals surface area contributed by atoms with Crippen LogP contribution in [0, 0.1) is 0 Å². The van der Waals surface area contributed by atoms with Gasteiger partial charge in [0.15, 0.2) is 0 Å². The van der Waals surface area contributed by atoms with Crippen LogP contribution in [0.25, 0.3) is 0 Å². The van der Waals surface area contributed by atoms with Crippen molar-refractivity contribution in [3.63, 3.8) is 0 Å². The number of rotatable bonds is 1. The maximum atomic E-state index is 11.4. The van der Waals surface area contributed by atoms with E-state index in [1.54, 1.807) is 0 Å². The summed E-state index contributed by atoms with van der Waals surface area (Å²) in [5, 5.41) is 0. The van der Waals surface area contributed by atoms with E-state index in [9.17, 15) is 43.1 Å². The van der Waals surface area contributed by atoms with Gasteiger partial charge in [0.2, 0.25) is 0 Å². The molecule has 0 saturated heterocycles. The van der Waals surface area contributed by atoms with Crippen LogP contribution in [0.5, 0.6) is 0 Å². The molecule has 0 aromatic rings. The Morgan fingerprint density at radius 1 is 0.643 bits per heavy atom. The number of hydrogen-bond acceptors (Lipinski definition) is 0. The van der Waals surface area contributed by atoms with Crippen LogP contribution in [0.15, 0.2) is 0 Å². The van der Waals surface area contributed by atoms with E-state index in [-0.39, 0.29) is 0 Å². The third-order valence-corrected chi connectivity index (χ3v) is 2.38. The van der Waals surface area contributed by atoms with Crippen molar-refractivity contribution >= 4 is 7.85 Å². The zero-order chi connectivity index (χ0) is 12.0. The van der Waals surface area contributed by atoms with Gasteiger partial charge in [-0.15, -0.1) is 0 Å². The molecule has 0 fully saturated rings. The van der Waals surface area contributed by atoms with Crippen molar-refractivity contribution in [1.29, 1.82) is 0 Å². The Morgan fingerprint density at radius 2 is 0.857 bits per heavy atom. The fourth-order valence-corrected chi connectivity index (χ4v) is 1.51. The quantitative estimate of drug-likeness (QED) is 0.477. The summed E-state index contributed by atoms with van der Waals surface area (Å²) in [5.41, 5.74) is -5.86. The van der Waals surface area contributed by atoms with E-state index in [4.69, 9.17) is 0 Å². The topological polar surface area (TPSA) is 0 Å². The second-order valence-corrected chi connectivity index (χ2v) is 4.32. The summed E-state index contributed by atoms with van der Waals surface area (Å²) >= 11 is 0. The van der Waals surface area contributed by atoms with Crippen LogP contribution >= 0.6 is 7.85 Å².